The summed E-state index contributed by atoms with van der Waals surface area (Å²) in [6.45, 7) is 5.19. The fraction of sp³-hybridized carbons (Fsp3) is 0.385. The first-order chi connectivity index (χ1) is 19.1. The number of para-hydroxylation sites is 2. The molecule has 2 aromatic carbocycles. The highest BCUT2D eigenvalue weighted by molar-refractivity contribution is 7.90. The van der Waals surface area contributed by atoms with E-state index in [4.69, 9.17) is 5.73 Å². The highest BCUT2D eigenvalue weighted by Gasteiger charge is 2.54. The molecule has 3 aromatic rings. The van der Waals surface area contributed by atoms with E-state index >= 15 is 0 Å². The molecule has 1 fully saturated rings. The van der Waals surface area contributed by atoms with E-state index in [1.54, 1.807) is 32.9 Å². The zero-order chi connectivity index (χ0) is 31.8. The molecule has 3 N–H and O–H groups in total. The second kappa shape index (κ2) is 11.5. The topological polar surface area (TPSA) is 143 Å². The number of alkyl halides is 6. The highest BCUT2D eigenvalue weighted by Crippen LogP contribution is 2.40. The summed E-state index contributed by atoms with van der Waals surface area (Å²) in [5, 5.41) is -0.845. The number of hydrogen-bond acceptors (Lipinski definition) is 7. The van der Waals surface area contributed by atoms with Crippen LogP contribution in [-0.2, 0) is 30.8 Å². The number of aromatic nitrogens is 2. The fourth-order valence-electron chi connectivity index (χ4n) is 4.29. The predicted molar refractivity (Wildman–Crippen MR) is 138 cm³/mol. The lowest BCUT2D eigenvalue weighted by atomic mass is 10.0. The Kier molecular flexibility index (Phi) is 8.94. The van der Waals surface area contributed by atoms with Crippen molar-refractivity contribution in [1.82, 2.24) is 14.3 Å². The summed E-state index contributed by atoms with van der Waals surface area (Å²) in [4.78, 5) is 39.4. The van der Waals surface area contributed by atoms with Crippen LogP contribution >= 0.6 is 0 Å². The second-order valence-electron chi connectivity index (χ2n) is 10.4. The number of halogens is 6. The van der Waals surface area contributed by atoms with Crippen LogP contribution in [0.2, 0.25) is 0 Å². The quantitative estimate of drug-likeness (QED) is 0.317. The number of Topliss-reactive ketones (excluding diaryl/α,β-unsaturated/α-hetero) is 2. The molecule has 42 heavy (non-hydrogen) atoms. The summed E-state index contributed by atoms with van der Waals surface area (Å²) >= 11 is 0. The van der Waals surface area contributed by atoms with Gasteiger partial charge in [-0.25, -0.2) is 17.7 Å². The molecule has 16 heteroatoms. The zero-order valence-electron chi connectivity index (χ0n) is 22.4. The standard InChI is InChI=1S/C22H26N4O3S.C4F6O2/c1-22(2,3)26-20(27)13-19(30(26,28)29)15-10-8-14(9-11-15)12-16(23)21-24-17-6-4-5-7-18(17)25-21;5-3(6,7)1(11)2(12)4(8,9)10/h4-11,16,19H,12-13,23H2,1-3H3,(H,24,25);/t16-,19?;/m0./s1. The number of benzene rings is 2. The lowest BCUT2D eigenvalue weighted by Gasteiger charge is -2.30. The van der Waals surface area contributed by atoms with E-state index in [2.05, 4.69) is 9.97 Å². The van der Waals surface area contributed by atoms with Crippen LogP contribution in [-0.4, -0.2) is 58.1 Å². The molecule has 1 unspecified atom stereocenters. The third-order valence-electron chi connectivity index (χ3n) is 6.10. The van der Waals surface area contributed by atoms with Crippen molar-refractivity contribution in [3.05, 3.63) is 65.5 Å². The third-order valence-corrected chi connectivity index (χ3v) is 8.52. The summed E-state index contributed by atoms with van der Waals surface area (Å²) in [5.74, 6) is -6.46. The normalized spacial score (nSPS) is 18.0. The Hall–Kier alpha value is -3.79. The van der Waals surface area contributed by atoms with Gasteiger partial charge in [-0.05, 0) is 50.5 Å². The molecule has 228 valence electrons. The van der Waals surface area contributed by atoms with Crippen LogP contribution in [0, 0.1) is 0 Å². The number of rotatable bonds is 5. The average molecular weight is 621 g/mol. The van der Waals surface area contributed by atoms with Crippen molar-refractivity contribution in [2.75, 3.05) is 0 Å². The van der Waals surface area contributed by atoms with Crippen molar-refractivity contribution in [2.45, 2.75) is 62.8 Å². The predicted octanol–water partition coefficient (Wildman–Crippen LogP) is 4.46. The Bertz CT molecular complexity index is 1540. The molecule has 1 amide bonds. The molecule has 0 bridgehead atoms. The molecule has 9 nitrogen and oxygen atoms in total. The van der Waals surface area contributed by atoms with Crippen LogP contribution in [0.25, 0.3) is 11.0 Å². The number of H-pyrrole nitrogens is 1. The Balaban J connectivity index is 0.000000343. The number of ketones is 2. The van der Waals surface area contributed by atoms with Gasteiger partial charge < -0.3 is 10.7 Å². The van der Waals surface area contributed by atoms with Crippen LogP contribution in [0.5, 0.6) is 0 Å². The summed E-state index contributed by atoms with van der Waals surface area (Å²) in [6, 6.07) is 14.8. The van der Waals surface area contributed by atoms with E-state index in [0.29, 0.717) is 17.8 Å². The van der Waals surface area contributed by atoms with Gasteiger partial charge >= 0.3 is 23.9 Å². The Labute approximate surface area is 236 Å². The smallest absolute Gasteiger partial charge is 0.341 e. The van der Waals surface area contributed by atoms with Gasteiger partial charge in [0, 0.05) is 0 Å². The third kappa shape index (κ3) is 7.15. The number of nitrogens with zero attached hydrogens (tertiary/aromatic N) is 2. The first-order valence-electron chi connectivity index (χ1n) is 12.2. The molecule has 1 aromatic heterocycles. The molecule has 0 spiro atoms. The van der Waals surface area contributed by atoms with E-state index in [1.165, 1.54) is 0 Å². The maximum atomic E-state index is 13.0. The molecule has 0 radical (unpaired) electrons. The van der Waals surface area contributed by atoms with Crippen molar-refractivity contribution >= 4 is 38.5 Å². The largest absolute Gasteiger partial charge is 0.458 e. The summed E-state index contributed by atoms with van der Waals surface area (Å²) in [6.07, 6.45) is -11.0. The van der Waals surface area contributed by atoms with Crippen molar-refractivity contribution in [1.29, 1.82) is 0 Å². The molecule has 0 saturated carbocycles. The zero-order valence-corrected chi connectivity index (χ0v) is 23.2. The van der Waals surface area contributed by atoms with Crippen LogP contribution in [0.4, 0.5) is 26.3 Å². The van der Waals surface area contributed by atoms with E-state index in [0.717, 1.165) is 20.9 Å². The number of nitrogens with one attached hydrogen (secondary N) is 1. The number of imidazole rings is 1. The maximum Gasteiger partial charge on any atom is 0.458 e. The number of sulfonamides is 1. The number of carbonyl (C=O) groups is 3. The first kappa shape index (κ1) is 32.7. The summed E-state index contributed by atoms with van der Waals surface area (Å²) in [7, 11) is -3.74. The SMILES string of the molecule is CC(C)(C)N1C(=O)CC(c2ccc(C[C@H](N)c3nc4ccccc4[nH]3)cc2)S1(=O)=O.O=C(C(=O)C(F)(F)F)C(F)(F)F. The first-order valence-corrected chi connectivity index (χ1v) is 13.7. The Morgan fingerprint density at radius 3 is 1.95 bits per heavy atom. The number of amides is 1. The van der Waals surface area contributed by atoms with Crippen LogP contribution in [0.1, 0.15) is 55.4 Å². The van der Waals surface area contributed by atoms with Gasteiger partial charge in [-0.15, -0.1) is 0 Å². The Morgan fingerprint density at radius 2 is 1.50 bits per heavy atom. The molecule has 0 aliphatic carbocycles. The minimum absolute atomic E-state index is 0.0303. The molecule has 2 heterocycles. The molecule has 1 aliphatic rings. The molecule has 1 aliphatic heterocycles. The summed E-state index contributed by atoms with van der Waals surface area (Å²) in [5.41, 5.74) is 8.97. The number of hydrogen-bond donors (Lipinski definition) is 2. The average Bonchev–Trinajstić information content (AvgIpc) is 3.40. The van der Waals surface area contributed by atoms with E-state index in [9.17, 15) is 49.1 Å². The molecule has 2 atom stereocenters. The highest BCUT2D eigenvalue weighted by atomic mass is 32.2. The number of aromatic amines is 1. The lowest BCUT2D eigenvalue weighted by molar-refractivity contribution is -0.193. The molecule has 4 rings (SSSR count). The molecule has 1 saturated heterocycles. The van der Waals surface area contributed by atoms with Gasteiger partial charge in [0.25, 0.3) is 0 Å². The fourth-order valence-corrected chi connectivity index (χ4v) is 6.52. The van der Waals surface area contributed by atoms with Gasteiger partial charge in [-0.2, -0.15) is 26.3 Å². The van der Waals surface area contributed by atoms with Crippen LogP contribution in [0.3, 0.4) is 0 Å². The minimum Gasteiger partial charge on any atom is -0.341 e. The number of carbonyl (C=O) groups excluding carboxylic acids is 3. The van der Waals surface area contributed by atoms with Crippen LogP contribution in [0.15, 0.2) is 48.5 Å². The van der Waals surface area contributed by atoms with Crippen molar-refractivity contribution in [3.8, 4) is 0 Å². The van der Waals surface area contributed by atoms with Crippen molar-refractivity contribution in [2.24, 2.45) is 5.73 Å². The maximum absolute atomic E-state index is 13.0. The van der Waals surface area contributed by atoms with Crippen molar-refractivity contribution < 1.29 is 49.1 Å². The van der Waals surface area contributed by atoms with Gasteiger partial charge in [0.1, 0.15) is 11.1 Å². The van der Waals surface area contributed by atoms with E-state index < -0.39 is 44.7 Å². The number of nitrogens with two attached hydrogens (primary N) is 1. The Morgan fingerprint density at radius 1 is 0.976 bits per heavy atom. The summed E-state index contributed by atoms with van der Waals surface area (Å²) < 4.78 is 93.9. The van der Waals surface area contributed by atoms with E-state index in [1.807, 2.05) is 36.4 Å². The van der Waals surface area contributed by atoms with Gasteiger partial charge in [0.15, 0.2) is 0 Å². The van der Waals surface area contributed by atoms with Gasteiger partial charge in [0.05, 0.1) is 29.0 Å². The van der Waals surface area contributed by atoms with Crippen molar-refractivity contribution in [3.63, 3.8) is 0 Å². The molecular formula is C26H26F6N4O5S. The van der Waals surface area contributed by atoms with Crippen LogP contribution < -0.4 is 5.73 Å². The molecular weight excluding hydrogens is 594 g/mol. The monoisotopic (exact) mass is 620 g/mol. The number of fused-ring (bicyclic) bond motifs is 1. The van der Waals surface area contributed by atoms with Gasteiger partial charge in [-0.3, -0.25) is 14.4 Å². The van der Waals surface area contributed by atoms with Gasteiger partial charge in [-0.1, -0.05) is 36.4 Å². The van der Waals surface area contributed by atoms with E-state index in [-0.39, 0.29) is 18.4 Å². The van der Waals surface area contributed by atoms with Gasteiger partial charge in [0.2, 0.25) is 15.9 Å². The minimum atomic E-state index is -5.77. The lowest BCUT2D eigenvalue weighted by Crippen LogP contribution is -2.45. The second-order valence-corrected chi connectivity index (χ2v) is 12.4.